The second kappa shape index (κ2) is 9.19. The van der Waals surface area contributed by atoms with E-state index in [0.717, 1.165) is 38.0 Å². The van der Waals surface area contributed by atoms with Gasteiger partial charge in [-0.25, -0.2) is 4.39 Å². The summed E-state index contributed by atoms with van der Waals surface area (Å²) in [6.07, 6.45) is 3.81. The third-order valence-corrected chi connectivity index (χ3v) is 8.12. The number of likely N-dealkylation sites (tertiary alicyclic amines) is 1. The van der Waals surface area contributed by atoms with Crippen molar-refractivity contribution in [2.45, 2.75) is 36.9 Å². The zero-order valence-corrected chi connectivity index (χ0v) is 20.3. The first kappa shape index (κ1) is 23.0. The van der Waals surface area contributed by atoms with Crippen LogP contribution >= 0.6 is 0 Å². The second-order valence-corrected chi connectivity index (χ2v) is 10.00. The molecule has 3 aromatic carbocycles. The summed E-state index contributed by atoms with van der Waals surface area (Å²) in [6, 6.07) is 22.3. The molecule has 2 N–H and O–H groups in total. The fourth-order valence-electron chi connectivity index (χ4n) is 6.39. The van der Waals surface area contributed by atoms with Crippen LogP contribution in [0.3, 0.4) is 0 Å². The minimum absolute atomic E-state index is 0.179. The molecule has 1 saturated heterocycles. The molecule has 2 aliphatic rings. The number of H-pyrrole nitrogens is 1. The SMILES string of the molecule is CO[C@@H]1[C@@H](NC(=O)c2cccc(F)c2)c2ccccc2C12CCN(Cc1c[nH]c3ccccc13)CC2. The smallest absolute Gasteiger partial charge is 0.251 e. The first-order chi connectivity index (χ1) is 17.6. The lowest BCUT2D eigenvalue weighted by atomic mass is 9.71. The maximum atomic E-state index is 13.8. The lowest BCUT2D eigenvalue weighted by Gasteiger charge is -2.44. The van der Waals surface area contributed by atoms with Crippen LogP contribution in [-0.2, 0) is 16.7 Å². The van der Waals surface area contributed by atoms with Gasteiger partial charge in [0.2, 0.25) is 0 Å². The van der Waals surface area contributed by atoms with Crippen LogP contribution in [0.1, 0.15) is 45.9 Å². The molecule has 5 nitrogen and oxygen atoms in total. The Morgan fingerprint density at radius 1 is 1.08 bits per heavy atom. The predicted molar refractivity (Wildman–Crippen MR) is 138 cm³/mol. The lowest BCUT2D eigenvalue weighted by Crippen LogP contribution is -2.50. The van der Waals surface area contributed by atoms with Crippen molar-refractivity contribution in [2.75, 3.05) is 20.2 Å². The van der Waals surface area contributed by atoms with Gasteiger partial charge in [-0.2, -0.15) is 0 Å². The molecule has 1 aliphatic heterocycles. The van der Waals surface area contributed by atoms with E-state index >= 15 is 0 Å². The molecule has 2 heterocycles. The quantitative estimate of drug-likeness (QED) is 0.403. The molecule has 0 radical (unpaired) electrons. The highest BCUT2D eigenvalue weighted by Gasteiger charge is 2.54. The van der Waals surface area contributed by atoms with E-state index in [0.29, 0.717) is 5.56 Å². The van der Waals surface area contributed by atoms with Gasteiger partial charge in [0.15, 0.2) is 0 Å². The van der Waals surface area contributed by atoms with Gasteiger partial charge in [0.1, 0.15) is 5.82 Å². The van der Waals surface area contributed by atoms with Gasteiger partial charge in [0.05, 0.1) is 12.1 Å². The molecule has 2 atom stereocenters. The number of fused-ring (bicyclic) bond motifs is 3. The molecule has 1 aromatic heterocycles. The van der Waals surface area contributed by atoms with Crippen molar-refractivity contribution < 1.29 is 13.9 Å². The largest absolute Gasteiger partial charge is 0.378 e. The van der Waals surface area contributed by atoms with Crippen molar-refractivity contribution in [3.63, 3.8) is 0 Å². The Balaban J connectivity index is 1.24. The number of ether oxygens (including phenoxy) is 1. The Morgan fingerprint density at radius 2 is 1.86 bits per heavy atom. The number of carbonyl (C=O) groups is 1. The fraction of sp³-hybridized carbons (Fsp3) is 0.300. The number of aromatic nitrogens is 1. The van der Waals surface area contributed by atoms with E-state index in [9.17, 15) is 9.18 Å². The summed E-state index contributed by atoms with van der Waals surface area (Å²) in [6.45, 7) is 2.79. The fourth-order valence-corrected chi connectivity index (χ4v) is 6.39. The summed E-state index contributed by atoms with van der Waals surface area (Å²) in [5.41, 5.74) is 4.98. The minimum atomic E-state index is -0.420. The topological polar surface area (TPSA) is 57.4 Å². The molecular weight excluding hydrogens is 453 g/mol. The van der Waals surface area contributed by atoms with Crippen molar-refractivity contribution in [1.29, 1.82) is 0 Å². The van der Waals surface area contributed by atoms with E-state index in [1.165, 1.54) is 34.2 Å². The van der Waals surface area contributed by atoms with Gasteiger partial charge < -0.3 is 15.0 Å². The Bertz CT molecular complexity index is 1410. The number of nitrogens with zero attached hydrogens (tertiary/aromatic N) is 1. The molecule has 0 bridgehead atoms. The number of piperidine rings is 1. The van der Waals surface area contributed by atoms with E-state index in [-0.39, 0.29) is 23.5 Å². The van der Waals surface area contributed by atoms with Gasteiger partial charge in [-0.3, -0.25) is 9.69 Å². The molecule has 1 fully saturated rings. The summed E-state index contributed by atoms with van der Waals surface area (Å²) in [5, 5.41) is 4.45. The highest BCUT2D eigenvalue weighted by atomic mass is 19.1. The molecule has 184 valence electrons. The van der Waals surface area contributed by atoms with Crippen molar-refractivity contribution in [3.05, 3.63) is 107 Å². The van der Waals surface area contributed by atoms with Gasteiger partial charge in [0, 0.05) is 41.7 Å². The molecule has 36 heavy (non-hydrogen) atoms. The third kappa shape index (κ3) is 3.81. The van der Waals surface area contributed by atoms with Gasteiger partial charge in [0.25, 0.3) is 5.91 Å². The molecule has 0 unspecified atom stereocenters. The van der Waals surface area contributed by atoms with Crippen LogP contribution in [0.25, 0.3) is 10.9 Å². The van der Waals surface area contributed by atoms with Crippen LogP contribution in [0.4, 0.5) is 4.39 Å². The summed E-state index contributed by atoms with van der Waals surface area (Å²) in [4.78, 5) is 19.0. The van der Waals surface area contributed by atoms with Gasteiger partial charge in [-0.05, 0) is 66.9 Å². The Kier molecular flexibility index (Phi) is 5.86. The number of hydrogen-bond donors (Lipinski definition) is 2. The molecule has 1 amide bonds. The number of aromatic amines is 1. The van der Waals surface area contributed by atoms with E-state index in [4.69, 9.17) is 4.74 Å². The number of para-hydroxylation sites is 1. The maximum Gasteiger partial charge on any atom is 0.251 e. The molecule has 1 aliphatic carbocycles. The Labute approximate surface area is 210 Å². The normalized spacial score (nSPS) is 21.1. The summed E-state index contributed by atoms with van der Waals surface area (Å²) >= 11 is 0. The van der Waals surface area contributed by atoms with E-state index in [2.05, 4.69) is 63.9 Å². The summed E-state index contributed by atoms with van der Waals surface area (Å²) < 4.78 is 19.9. The monoisotopic (exact) mass is 483 g/mol. The van der Waals surface area contributed by atoms with Crippen molar-refractivity contribution >= 4 is 16.8 Å². The van der Waals surface area contributed by atoms with Crippen LogP contribution in [0.2, 0.25) is 0 Å². The molecular formula is C30H30FN3O2. The molecule has 6 heteroatoms. The van der Waals surface area contributed by atoms with Crippen LogP contribution < -0.4 is 5.32 Å². The molecule has 4 aromatic rings. The average molecular weight is 484 g/mol. The number of nitrogens with one attached hydrogen (secondary N) is 2. The third-order valence-electron chi connectivity index (χ3n) is 8.12. The van der Waals surface area contributed by atoms with Crippen LogP contribution in [-0.4, -0.2) is 42.1 Å². The number of rotatable bonds is 5. The van der Waals surface area contributed by atoms with Crippen LogP contribution in [0, 0.1) is 5.82 Å². The van der Waals surface area contributed by atoms with Crippen molar-refractivity contribution in [2.24, 2.45) is 0 Å². The number of methoxy groups -OCH3 is 1. The zero-order chi connectivity index (χ0) is 24.7. The Hall–Kier alpha value is -3.48. The average Bonchev–Trinajstić information content (AvgIpc) is 3.42. The number of hydrogen-bond acceptors (Lipinski definition) is 3. The molecule has 1 spiro atoms. The minimum Gasteiger partial charge on any atom is -0.378 e. The number of halogens is 1. The first-order valence-corrected chi connectivity index (χ1v) is 12.5. The summed E-state index contributed by atoms with van der Waals surface area (Å²) in [7, 11) is 1.73. The maximum absolute atomic E-state index is 13.8. The molecule has 6 rings (SSSR count). The van der Waals surface area contributed by atoms with E-state index in [1.54, 1.807) is 19.2 Å². The van der Waals surface area contributed by atoms with E-state index < -0.39 is 5.82 Å². The number of benzene rings is 3. The molecule has 0 saturated carbocycles. The number of carbonyl (C=O) groups excluding carboxylic acids is 1. The summed E-state index contributed by atoms with van der Waals surface area (Å²) in [5.74, 6) is -0.706. The van der Waals surface area contributed by atoms with Gasteiger partial charge in [-0.15, -0.1) is 0 Å². The van der Waals surface area contributed by atoms with Crippen LogP contribution in [0.5, 0.6) is 0 Å². The van der Waals surface area contributed by atoms with E-state index in [1.807, 2.05) is 6.07 Å². The van der Waals surface area contributed by atoms with Crippen LogP contribution in [0.15, 0.2) is 79.0 Å². The standard InChI is InChI=1S/C30H30FN3O2/c1-36-28-27(33-29(35)20-7-6-8-22(31)17-20)24-10-2-4-11-25(24)30(28)13-15-34(16-14-30)19-21-18-32-26-12-5-3-9-23(21)26/h2-12,17-18,27-28,32H,13-16,19H2,1H3,(H,33,35)/t27-,28+/m0/s1. The van der Waals surface area contributed by atoms with Gasteiger partial charge in [-0.1, -0.05) is 48.5 Å². The highest BCUT2D eigenvalue weighted by Crippen LogP contribution is 2.52. The second-order valence-electron chi connectivity index (χ2n) is 10.00. The number of amides is 1. The van der Waals surface area contributed by atoms with Gasteiger partial charge >= 0.3 is 0 Å². The zero-order valence-electron chi connectivity index (χ0n) is 20.3. The highest BCUT2D eigenvalue weighted by molar-refractivity contribution is 5.94. The lowest BCUT2D eigenvalue weighted by molar-refractivity contribution is -0.0121. The van der Waals surface area contributed by atoms with Crippen molar-refractivity contribution in [1.82, 2.24) is 15.2 Å². The Morgan fingerprint density at radius 3 is 2.67 bits per heavy atom. The predicted octanol–water partition coefficient (Wildman–Crippen LogP) is 5.34. The van der Waals surface area contributed by atoms with Crippen molar-refractivity contribution in [3.8, 4) is 0 Å². The first-order valence-electron chi connectivity index (χ1n) is 12.5.